The minimum Gasteiger partial charge on any atom is -0.481 e. The van der Waals surface area contributed by atoms with E-state index < -0.39 is 5.97 Å². The number of aliphatic carboxylic acids is 1. The number of oxime groups is 1. The lowest BCUT2D eigenvalue weighted by Gasteiger charge is -1.96. The molecule has 0 unspecified atom stereocenters. The lowest BCUT2D eigenvalue weighted by molar-refractivity contribution is -0.139. The first-order chi connectivity index (χ1) is 6.51. The van der Waals surface area contributed by atoms with Crippen LogP contribution in [0.1, 0.15) is 13.8 Å². The minimum atomic E-state index is -0.768. The smallest absolute Gasteiger partial charge is 0.307 e. The summed E-state index contributed by atoms with van der Waals surface area (Å²) in [6.07, 6.45) is 3.16. The third-order valence-electron chi connectivity index (χ3n) is 2.67. The summed E-state index contributed by atoms with van der Waals surface area (Å²) in [7, 11) is 0. The normalized spacial score (nSPS) is 28.7. The van der Waals surface area contributed by atoms with Crippen LogP contribution in [0.25, 0.3) is 0 Å². The van der Waals surface area contributed by atoms with Crippen LogP contribution in [0.4, 0.5) is 0 Å². The summed E-state index contributed by atoms with van der Waals surface area (Å²) in [6, 6.07) is 0. The minimum absolute atomic E-state index is 0.0233. The molecular weight excluding hydrogens is 182 g/mol. The van der Waals surface area contributed by atoms with Gasteiger partial charge in [-0.25, -0.2) is 0 Å². The van der Waals surface area contributed by atoms with Crippen molar-refractivity contribution in [3.63, 3.8) is 0 Å². The molecule has 4 nitrogen and oxygen atoms in total. The van der Waals surface area contributed by atoms with Gasteiger partial charge in [-0.1, -0.05) is 31.7 Å². The van der Waals surface area contributed by atoms with E-state index in [0.29, 0.717) is 6.61 Å². The number of hydrogen-bond acceptors (Lipinski definition) is 3. The van der Waals surface area contributed by atoms with Crippen molar-refractivity contribution in [2.45, 2.75) is 13.8 Å². The number of rotatable bonds is 5. The molecule has 0 aromatic heterocycles. The zero-order valence-electron chi connectivity index (χ0n) is 8.43. The van der Waals surface area contributed by atoms with Gasteiger partial charge in [0.15, 0.2) is 0 Å². The van der Waals surface area contributed by atoms with Crippen LogP contribution < -0.4 is 0 Å². The molecule has 1 aliphatic carbocycles. The highest BCUT2D eigenvalue weighted by Gasteiger charge is 2.61. The molecule has 1 saturated carbocycles. The Bertz CT molecular complexity index is 271. The maximum atomic E-state index is 10.8. The molecule has 1 N–H and O–H groups in total. The summed E-state index contributed by atoms with van der Waals surface area (Å²) in [5.41, 5.74) is -0.202. The standard InChI is InChI=1S/C10H15NO3/c1-4-5-14-11-6-7-8(9(12)13)10(7,2)3/h4,6-8H,1,5H2,2-3H3,(H,12,13)/t7-,8-/m0/s1. The second-order valence-corrected chi connectivity index (χ2v) is 4.00. The first-order valence-electron chi connectivity index (χ1n) is 4.51. The lowest BCUT2D eigenvalue weighted by atomic mass is 10.1. The monoisotopic (exact) mass is 197 g/mol. The summed E-state index contributed by atoms with van der Waals surface area (Å²) in [5.74, 6) is -1.13. The summed E-state index contributed by atoms with van der Waals surface area (Å²) < 4.78 is 0. The van der Waals surface area contributed by atoms with Gasteiger partial charge in [0.05, 0.1) is 5.92 Å². The third kappa shape index (κ3) is 1.95. The van der Waals surface area contributed by atoms with Gasteiger partial charge in [-0.3, -0.25) is 4.79 Å². The molecule has 0 spiro atoms. The molecule has 0 aromatic carbocycles. The van der Waals surface area contributed by atoms with Crippen LogP contribution in [-0.4, -0.2) is 23.9 Å². The number of carboxylic acid groups (broad SMARTS) is 1. The van der Waals surface area contributed by atoms with E-state index in [9.17, 15) is 4.79 Å². The Morgan fingerprint density at radius 3 is 2.79 bits per heavy atom. The van der Waals surface area contributed by atoms with Crippen molar-refractivity contribution in [1.29, 1.82) is 0 Å². The molecule has 14 heavy (non-hydrogen) atoms. The molecule has 1 fully saturated rings. The quantitative estimate of drug-likeness (QED) is 0.315. The van der Waals surface area contributed by atoms with E-state index >= 15 is 0 Å². The van der Waals surface area contributed by atoms with Crippen molar-refractivity contribution >= 4 is 12.2 Å². The van der Waals surface area contributed by atoms with Crippen molar-refractivity contribution in [3.8, 4) is 0 Å². The molecule has 2 atom stereocenters. The number of carboxylic acids is 1. The van der Waals surface area contributed by atoms with Gasteiger partial charge < -0.3 is 9.94 Å². The second kappa shape index (κ2) is 3.82. The predicted molar refractivity (Wildman–Crippen MR) is 53.0 cm³/mol. The van der Waals surface area contributed by atoms with E-state index in [1.807, 2.05) is 13.8 Å². The molecule has 0 heterocycles. The highest BCUT2D eigenvalue weighted by molar-refractivity contribution is 5.84. The van der Waals surface area contributed by atoms with E-state index in [-0.39, 0.29) is 17.3 Å². The molecule has 0 radical (unpaired) electrons. The van der Waals surface area contributed by atoms with Crippen molar-refractivity contribution < 1.29 is 14.7 Å². The SMILES string of the molecule is C=CCON=C[C@H]1[C@@H](C(=O)O)C1(C)C. The zero-order chi connectivity index (χ0) is 10.8. The van der Waals surface area contributed by atoms with Crippen LogP contribution in [0, 0.1) is 17.3 Å². The van der Waals surface area contributed by atoms with E-state index in [2.05, 4.69) is 11.7 Å². The van der Waals surface area contributed by atoms with E-state index in [4.69, 9.17) is 9.94 Å². The Balaban J connectivity index is 2.44. The van der Waals surface area contributed by atoms with Crippen LogP contribution in [-0.2, 0) is 9.63 Å². The Labute approximate surface area is 83.2 Å². The van der Waals surface area contributed by atoms with Gasteiger partial charge in [0.25, 0.3) is 0 Å². The van der Waals surface area contributed by atoms with Crippen LogP contribution in [0.3, 0.4) is 0 Å². The average molecular weight is 197 g/mol. The lowest BCUT2D eigenvalue weighted by Crippen LogP contribution is -2.03. The maximum absolute atomic E-state index is 10.8. The molecule has 0 bridgehead atoms. The maximum Gasteiger partial charge on any atom is 0.307 e. The summed E-state index contributed by atoms with van der Waals surface area (Å²) >= 11 is 0. The molecule has 1 rings (SSSR count). The van der Waals surface area contributed by atoms with Crippen molar-refractivity contribution in [3.05, 3.63) is 12.7 Å². The van der Waals surface area contributed by atoms with Gasteiger partial charge in [0.2, 0.25) is 0 Å². The summed E-state index contributed by atoms with van der Waals surface area (Å²) in [5, 5.41) is 12.5. The molecule has 78 valence electrons. The Morgan fingerprint density at radius 1 is 1.71 bits per heavy atom. The summed E-state index contributed by atoms with van der Waals surface area (Å²) in [6.45, 7) is 7.65. The highest BCUT2D eigenvalue weighted by Crippen LogP contribution is 2.57. The third-order valence-corrected chi connectivity index (χ3v) is 2.67. The first-order valence-corrected chi connectivity index (χ1v) is 4.51. The fraction of sp³-hybridized carbons (Fsp3) is 0.600. The number of nitrogens with zero attached hydrogens (tertiary/aromatic N) is 1. The molecule has 0 amide bonds. The summed E-state index contributed by atoms with van der Waals surface area (Å²) in [4.78, 5) is 15.6. The fourth-order valence-electron chi connectivity index (χ4n) is 1.63. The second-order valence-electron chi connectivity index (χ2n) is 4.00. The molecule has 0 aliphatic heterocycles. The topological polar surface area (TPSA) is 58.9 Å². The van der Waals surface area contributed by atoms with Gasteiger partial charge in [0, 0.05) is 12.1 Å². The zero-order valence-corrected chi connectivity index (χ0v) is 8.43. The van der Waals surface area contributed by atoms with Gasteiger partial charge in [0.1, 0.15) is 6.61 Å². The van der Waals surface area contributed by atoms with Crippen molar-refractivity contribution in [1.82, 2.24) is 0 Å². The van der Waals surface area contributed by atoms with Crippen LogP contribution in [0.2, 0.25) is 0 Å². The van der Waals surface area contributed by atoms with E-state index in [0.717, 1.165) is 0 Å². The Morgan fingerprint density at radius 2 is 2.36 bits per heavy atom. The van der Waals surface area contributed by atoms with Crippen molar-refractivity contribution in [2.24, 2.45) is 22.4 Å². The van der Waals surface area contributed by atoms with Crippen LogP contribution >= 0.6 is 0 Å². The molecule has 0 saturated heterocycles. The number of hydrogen-bond donors (Lipinski definition) is 1. The van der Waals surface area contributed by atoms with Gasteiger partial charge in [-0.2, -0.15) is 0 Å². The van der Waals surface area contributed by atoms with E-state index in [1.54, 1.807) is 12.3 Å². The molecular formula is C10H15NO3. The Kier molecular flexibility index (Phi) is 2.93. The van der Waals surface area contributed by atoms with Gasteiger partial charge in [-0.05, 0) is 5.41 Å². The highest BCUT2D eigenvalue weighted by atomic mass is 16.6. The molecule has 0 aromatic rings. The Hall–Kier alpha value is -1.32. The first kappa shape index (κ1) is 10.8. The van der Waals surface area contributed by atoms with Crippen molar-refractivity contribution in [2.75, 3.05) is 6.61 Å². The van der Waals surface area contributed by atoms with E-state index in [1.165, 1.54) is 0 Å². The van der Waals surface area contributed by atoms with Gasteiger partial charge in [-0.15, -0.1) is 0 Å². The fourth-order valence-corrected chi connectivity index (χ4v) is 1.63. The van der Waals surface area contributed by atoms with Crippen LogP contribution in [0.15, 0.2) is 17.8 Å². The molecule has 4 heteroatoms. The number of carbonyl (C=O) groups is 1. The van der Waals surface area contributed by atoms with Gasteiger partial charge >= 0.3 is 5.97 Å². The average Bonchev–Trinajstić information content (AvgIpc) is 2.62. The largest absolute Gasteiger partial charge is 0.481 e. The predicted octanol–water partition coefficient (Wildman–Crippen LogP) is 1.53. The molecule has 1 aliphatic rings. The van der Waals surface area contributed by atoms with Crippen LogP contribution in [0.5, 0.6) is 0 Å².